The molecule has 2 saturated heterocycles. The number of pyridine rings is 1. The maximum atomic E-state index is 13.9. The number of hydrazine groups is 1. The first-order valence-electron chi connectivity index (χ1n) is 10.1. The lowest BCUT2D eigenvalue weighted by Crippen LogP contribution is -2.59. The summed E-state index contributed by atoms with van der Waals surface area (Å²) in [6, 6.07) is 9.39. The van der Waals surface area contributed by atoms with Gasteiger partial charge in [0.05, 0.1) is 37.1 Å². The van der Waals surface area contributed by atoms with E-state index >= 15 is 0 Å². The van der Waals surface area contributed by atoms with Crippen LogP contribution in [0.15, 0.2) is 42.6 Å². The minimum absolute atomic E-state index is 0.142. The lowest BCUT2D eigenvalue weighted by Gasteiger charge is -2.43. The third-order valence-electron chi connectivity index (χ3n) is 5.61. The fraction of sp³-hybridized carbons (Fsp3) is 0.381. The van der Waals surface area contributed by atoms with E-state index in [9.17, 15) is 14.0 Å². The lowest BCUT2D eigenvalue weighted by molar-refractivity contribution is -0.0738. The van der Waals surface area contributed by atoms with Crippen LogP contribution in [0.4, 0.5) is 14.9 Å². The molecule has 3 heterocycles. The van der Waals surface area contributed by atoms with Crippen molar-refractivity contribution in [2.24, 2.45) is 5.84 Å². The number of hydrogen-bond donors (Lipinski definition) is 2. The Bertz CT molecular complexity index is 929. The molecule has 2 aliphatic heterocycles. The van der Waals surface area contributed by atoms with E-state index in [1.807, 2.05) is 0 Å². The van der Waals surface area contributed by atoms with Gasteiger partial charge in [-0.05, 0) is 30.3 Å². The number of piperazine rings is 1. The van der Waals surface area contributed by atoms with E-state index in [0.29, 0.717) is 36.1 Å². The number of amides is 3. The fourth-order valence-electron chi connectivity index (χ4n) is 3.69. The summed E-state index contributed by atoms with van der Waals surface area (Å²) in [5.41, 5.74) is 3.38. The highest BCUT2D eigenvalue weighted by Crippen LogP contribution is 2.22. The second kappa shape index (κ2) is 9.38. The molecule has 3 amide bonds. The van der Waals surface area contributed by atoms with E-state index in [1.54, 1.807) is 29.2 Å². The minimum Gasteiger partial charge on any atom is -0.378 e. The topological polar surface area (TPSA) is 104 Å². The first-order chi connectivity index (χ1) is 15.0. The van der Waals surface area contributed by atoms with Crippen LogP contribution in [-0.4, -0.2) is 72.2 Å². The van der Waals surface area contributed by atoms with Crippen molar-refractivity contribution in [1.82, 2.24) is 20.2 Å². The Hall–Kier alpha value is -3.08. The first kappa shape index (κ1) is 21.2. The minimum atomic E-state index is -0.452. The molecule has 0 saturated carbocycles. The Morgan fingerprint density at radius 2 is 1.97 bits per heavy atom. The molecular formula is C21H25FN6O3. The number of carbonyl (C=O) groups is 2. The molecule has 4 rings (SSSR count). The van der Waals surface area contributed by atoms with E-state index in [0.717, 1.165) is 26.3 Å². The van der Waals surface area contributed by atoms with Gasteiger partial charge in [-0.25, -0.2) is 15.0 Å². The zero-order valence-corrected chi connectivity index (χ0v) is 17.0. The third-order valence-corrected chi connectivity index (χ3v) is 5.61. The molecule has 9 nitrogen and oxygen atoms in total. The summed E-state index contributed by atoms with van der Waals surface area (Å²) >= 11 is 0. The molecule has 31 heavy (non-hydrogen) atoms. The van der Waals surface area contributed by atoms with Gasteiger partial charge < -0.3 is 9.64 Å². The molecule has 0 aliphatic carbocycles. The molecule has 2 aliphatic rings. The van der Waals surface area contributed by atoms with Gasteiger partial charge in [0, 0.05) is 38.1 Å². The van der Waals surface area contributed by atoms with Crippen molar-refractivity contribution in [3.05, 3.63) is 59.7 Å². The van der Waals surface area contributed by atoms with Crippen molar-refractivity contribution < 1.29 is 18.7 Å². The van der Waals surface area contributed by atoms with Gasteiger partial charge in [-0.1, -0.05) is 6.07 Å². The number of nitrogens with one attached hydrogen (secondary N) is 1. The molecule has 2 fully saturated rings. The number of nitrogens with zero attached hydrogens (tertiary/aromatic N) is 4. The maximum absolute atomic E-state index is 13.9. The molecule has 0 unspecified atom stereocenters. The molecule has 1 aromatic heterocycles. The summed E-state index contributed by atoms with van der Waals surface area (Å²) < 4.78 is 19.2. The highest BCUT2D eigenvalue weighted by molar-refractivity contribution is 5.93. The summed E-state index contributed by atoms with van der Waals surface area (Å²) in [5, 5.41) is 0. The van der Waals surface area contributed by atoms with Crippen molar-refractivity contribution in [3.8, 4) is 0 Å². The van der Waals surface area contributed by atoms with E-state index in [4.69, 9.17) is 10.6 Å². The van der Waals surface area contributed by atoms with Crippen LogP contribution in [0, 0.1) is 5.82 Å². The maximum Gasteiger partial charge on any atom is 0.324 e. The number of hydrogen-bond acceptors (Lipinski definition) is 6. The first-order valence-corrected chi connectivity index (χ1v) is 10.1. The van der Waals surface area contributed by atoms with Gasteiger partial charge in [-0.15, -0.1) is 0 Å². The zero-order chi connectivity index (χ0) is 21.8. The second-order valence-electron chi connectivity index (χ2n) is 7.57. The van der Waals surface area contributed by atoms with Crippen LogP contribution in [0.25, 0.3) is 0 Å². The van der Waals surface area contributed by atoms with Crippen LogP contribution in [-0.2, 0) is 11.3 Å². The van der Waals surface area contributed by atoms with Crippen molar-refractivity contribution in [1.29, 1.82) is 0 Å². The number of urea groups is 1. The van der Waals surface area contributed by atoms with Crippen LogP contribution in [0.5, 0.6) is 0 Å². The summed E-state index contributed by atoms with van der Waals surface area (Å²) in [5.74, 6) is 4.27. The van der Waals surface area contributed by atoms with Crippen LogP contribution in [0.1, 0.15) is 16.1 Å². The number of aromatic nitrogens is 1. The molecule has 0 spiro atoms. The summed E-state index contributed by atoms with van der Waals surface area (Å²) in [4.78, 5) is 34.9. The van der Waals surface area contributed by atoms with Gasteiger partial charge in [0.2, 0.25) is 0 Å². The number of nitrogens with two attached hydrogens (primary N) is 1. The van der Waals surface area contributed by atoms with Gasteiger partial charge in [0.1, 0.15) is 5.82 Å². The van der Waals surface area contributed by atoms with E-state index in [-0.39, 0.29) is 12.6 Å². The van der Waals surface area contributed by atoms with Gasteiger partial charge in [-0.3, -0.25) is 25.0 Å². The van der Waals surface area contributed by atoms with Crippen molar-refractivity contribution in [3.63, 3.8) is 0 Å². The van der Waals surface area contributed by atoms with Crippen LogP contribution < -0.4 is 16.2 Å². The van der Waals surface area contributed by atoms with E-state index in [2.05, 4.69) is 15.3 Å². The van der Waals surface area contributed by atoms with E-state index in [1.165, 1.54) is 23.2 Å². The lowest BCUT2D eigenvalue weighted by atomic mass is 10.2. The van der Waals surface area contributed by atoms with Gasteiger partial charge in [0.25, 0.3) is 5.91 Å². The van der Waals surface area contributed by atoms with Crippen LogP contribution >= 0.6 is 0 Å². The summed E-state index contributed by atoms with van der Waals surface area (Å²) in [7, 11) is 0. The van der Waals surface area contributed by atoms with E-state index < -0.39 is 11.7 Å². The molecule has 10 heteroatoms. The average molecular weight is 428 g/mol. The van der Waals surface area contributed by atoms with Crippen LogP contribution in [0.3, 0.4) is 0 Å². The number of carbonyl (C=O) groups excluding carboxylic acids is 2. The van der Waals surface area contributed by atoms with Crippen molar-refractivity contribution in [2.45, 2.75) is 12.6 Å². The van der Waals surface area contributed by atoms with Gasteiger partial charge >= 0.3 is 6.03 Å². The fourth-order valence-corrected chi connectivity index (χ4v) is 3.69. The molecule has 0 radical (unpaired) electrons. The number of nitrogen functional groups attached to an aromatic ring is 1. The van der Waals surface area contributed by atoms with Gasteiger partial charge in [-0.2, -0.15) is 0 Å². The normalized spacial score (nSPS) is 17.2. The Balaban J connectivity index is 1.50. The predicted octanol–water partition coefficient (Wildman–Crippen LogP) is 0.967. The number of halogens is 1. The smallest absolute Gasteiger partial charge is 0.324 e. The molecule has 0 atom stereocenters. The average Bonchev–Trinajstić information content (AvgIpc) is 2.76. The Kier molecular flexibility index (Phi) is 6.40. The van der Waals surface area contributed by atoms with Crippen molar-refractivity contribution in [2.75, 3.05) is 44.3 Å². The monoisotopic (exact) mass is 428 g/mol. The molecule has 0 bridgehead atoms. The third kappa shape index (κ3) is 4.82. The summed E-state index contributed by atoms with van der Waals surface area (Å²) in [6.07, 6.45) is 1.39. The number of ether oxygens (including phenoxy) is 1. The predicted molar refractivity (Wildman–Crippen MR) is 112 cm³/mol. The Labute approximate surface area is 179 Å². The molecular weight excluding hydrogens is 403 g/mol. The number of anilines is 1. The second-order valence-corrected chi connectivity index (χ2v) is 7.57. The molecule has 3 N–H and O–H groups in total. The zero-order valence-electron chi connectivity index (χ0n) is 17.0. The summed E-state index contributed by atoms with van der Waals surface area (Å²) in [6.45, 7) is 4.36. The highest BCUT2D eigenvalue weighted by Gasteiger charge is 2.32. The highest BCUT2D eigenvalue weighted by atomic mass is 19.1. The SMILES string of the molecule is NNC(=O)c1ccc(CN(C(=O)N2CCN(C3COC3)CC2)c2cccc(F)c2)nc1. The standard InChI is InChI=1S/C21H25FN6O3/c22-16-2-1-3-18(10-16)28(12-17-5-4-15(11-24-17)20(29)25-23)21(30)27-8-6-26(7-9-27)19-13-31-14-19/h1-5,10-11,19H,6-9,12-14,23H2,(H,25,29). The molecule has 1 aromatic carbocycles. The molecule has 164 valence electrons. The van der Waals surface area contributed by atoms with Gasteiger partial charge in [0.15, 0.2) is 0 Å². The van der Waals surface area contributed by atoms with Crippen molar-refractivity contribution >= 4 is 17.6 Å². The Morgan fingerprint density at radius 1 is 1.19 bits per heavy atom. The number of benzene rings is 1. The Morgan fingerprint density at radius 3 is 2.55 bits per heavy atom. The number of rotatable bonds is 5. The largest absolute Gasteiger partial charge is 0.378 e. The van der Waals surface area contributed by atoms with Crippen LogP contribution in [0.2, 0.25) is 0 Å². The quantitative estimate of drug-likeness (QED) is 0.418. The molecule has 2 aromatic rings.